The fourth-order valence-corrected chi connectivity index (χ4v) is 6.31. The Hall–Kier alpha value is -2.03. The van der Waals surface area contributed by atoms with Gasteiger partial charge >= 0.3 is 0 Å². The monoisotopic (exact) mass is 494 g/mol. The molecule has 0 spiro atoms. The second-order valence-corrected chi connectivity index (χ2v) is 11.7. The molecule has 0 aromatic heterocycles. The SMILES string of the molecule is CC1=CCCC1.CCCC(CC1CC(=O)c2c(C)c(C)cc(C(C)C)c2C1)C(CC)C(=O)CC(C)=O. The lowest BCUT2D eigenvalue weighted by atomic mass is 9.70. The van der Waals surface area contributed by atoms with Crippen LogP contribution in [0.15, 0.2) is 17.7 Å². The summed E-state index contributed by atoms with van der Waals surface area (Å²) in [7, 11) is 0. The van der Waals surface area contributed by atoms with E-state index in [0.29, 0.717) is 12.3 Å². The van der Waals surface area contributed by atoms with Gasteiger partial charge in [0.2, 0.25) is 0 Å². The Kier molecular flexibility index (Phi) is 11.8. The average molecular weight is 495 g/mol. The fraction of sp³-hybridized carbons (Fsp3) is 0.667. The maximum absolute atomic E-state index is 13.2. The lowest BCUT2D eigenvalue weighted by Crippen LogP contribution is -2.30. The maximum Gasteiger partial charge on any atom is 0.163 e. The van der Waals surface area contributed by atoms with Crippen LogP contribution in [0.25, 0.3) is 0 Å². The standard InChI is InChI=1S/C27H40O3.C6H10/c1-8-10-21(22(9-2)25(29)12-18(6)28)13-20-14-24-23(16(3)4)11-17(5)19(7)27(24)26(30)15-20;1-6-4-2-3-5-6/h11,16,20-22H,8-10,12-15H2,1-7H3;4H,2-3,5H2,1H3. The zero-order valence-corrected chi connectivity index (χ0v) is 24.3. The van der Waals surface area contributed by atoms with Gasteiger partial charge in [-0.1, -0.05) is 58.3 Å². The van der Waals surface area contributed by atoms with Crippen molar-refractivity contribution in [3.05, 3.63) is 45.5 Å². The highest BCUT2D eigenvalue weighted by Crippen LogP contribution is 2.39. The Labute approximate surface area is 220 Å². The molecule has 0 saturated carbocycles. The molecule has 3 unspecified atom stereocenters. The predicted molar refractivity (Wildman–Crippen MR) is 151 cm³/mol. The Morgan fingerprint density at radius 2 is 1.78 bits per heavy atom. The van der Waals surface area contributed by atoms with Crippen LogP contribution < -0.4 is 0 Å². The highest BCUT2D eigenvalue weighted by molar-refractivity contribution is 6.01. The summed E-state index contributed by atoms with van der Waals surface area (Å²) >= 11 is 0. The first-order valence-electron chi connectivity index (χ1n) is 14.3. The summed E-state index contributed by atoms with van der Waals surface area (Å²) in [5.41, 5.74) is 7.42. The van der Waals surface area contributed by atoms with Crippen LogP contribution in [0.2, 0.25) is 0 Å². The van der Waals surface area contributed by atoms with Gasteiger partial charge in [-0.15, -0.1) is 0 Å². The van der Waals surface area contributed by atoms with E-state index in [4.69, 9.17) is 0 Å². The molecule has 3 nitrogen and oxygen atoms in total. The number of aryl methyl sites for hydroxylation is 1. The molecule has 200 valence electrons. The van der Waals surface area contributed by atoms with E-state index in [0.717, 1.165) is 43.2 Å². The Balaban J connectivity index is 0.000000662. The van der Waals surface area contributed by atoms with Crippen molar-refractivity contribution in [3.63, 3.8) is 0 Å². The van der Waals surface area contributed by atoms with Crippen molar-refractivity contribution < 1.29 is 14.4 Å². The van der Waals surface area contributed by atoms with Crippen LogP contribution in [0.1, 0.15) is 138 Å². The molecule has 0 bridgehead atoms. The molecule has 0 saturated heterocycles. The molecule has 0 aliphatic heterocycles. The summed E-state index contributed by atoms with van der Waals surface area (Å²) in [5.74, 6) is 1.14. The topological polar surface area (TPSA) is 51.2 Å². The third-order valence-corrected chi connectivity index (χ3v) is 8.27. The number of hydrogen-bond donors (Lipinski definition) is 0. The molecule has 1 aromatic rings. The molecule has 0 radical (unpaired) electrons. The van der Waals surface area contributed by atoms with Crippen LogP contribution in [0, 0.1) is 31.6 Å². The first-order valence-corrected chi connectivity index (χ1v) is 14.3. The Morgan fingerprint density at radius 3 is 2.25 bits per heavy atom. The molecule has 0 fully saturated rings. The van der Waals surface area contributed by atoms with Gasteiger partial charge < -0.3 is 0 Å². The largest absolute Gasteiger partial charge is 0.300 e. The molecular weight excluding hydrogens is 444 g/mol. The first kappa shape index (κ1) is 30.2. The van der Waals surface area contributed by atoms with E-state index in [1.165, 1.54) is 42.9 Å². The van der Waals surface area contributed by atoms with E-state index in [1.54, 1.807) is 5.57 Å². The molecule has 3 heteroatoms. The van der Waals surface area contributed by atoms with E-state index in [-0.39, 0.29) is 41.5 Å². The van der Waals surface area contributed by atoms with Gasteiger partial charge in [0.1, 0.15) is 11.6 Å². The number of carbonyl (C=O) groups is 3. The second kappa shape index (κ2) is 14.1. The Bertz CT molecular complexity index is 966. The minimum absolute atomic E-state index is 0.0428. The van der Waals surface area contributed by atoms with Crippen molar-refractivity contribution in [1.29, 1.82) is 0 Å². The molecule has 0 N–H and O–H groups in total. The molecule has 0 heterocycles. The van der Waals surface area contributed by atoms with Crippen molar-refractivity contribution in [3.8, 4) is 0 Å². The van der Waals surface area contributed by atoms with E-state index in [2.05, 4.69) is 60.6 Å². The van der Waals surface area contributed by atoms with E-state index in [9.17, 15) is 14.4 Å². The third kappa shape index (κ3) is 7.98. The van der Waals surface area contributed by atoms with Crippen LogP contribution >= 0.6 is 0 Å². The number of rotatable bonds is 10. The molecule has 1 aromatic carbocycles. The second-order valence-electron chi connectivity index (χ2n) is 11.7. The molecule has 3 atom stereocenters. The molecule has 2 aliphatic rings. The molecule has 0 amide bonds. The van der Waals surface area contributed by atoms with Gasteiger partial charge in [-0.25, -0.2) is 0 Å². The van der Waals surface area contributed by atoms with E-state index >= 15 is 0 Å². The minimum atomic E-state index is -0.0744. The first-order chi connectivity index (χ1) is 17.0. The molecule has 36 heavy (non-hydrogen) atoms. The van der Waals surface area contributed by atoms with E-state index in [1.807, 2.05) is 0 Å². The van der Waals surface area contributed by atoms with Gasteiger partial charge in [0.25, 0.3) is 0 Å². The van der Waals surface area contributed by atoms with Crippen molar-refractivity contribution in [2.45, 2.75) is 126 Å². The summed E-state index contributed by atoms with van der Waals surface area (Å²) in [5, 5.41) is 0. The quantitative estimate of drug-likeness (QED) is 0.241. The Morgan fingerprint density at radius 1 is 1.08 bits per heavy atom. The number of carbonyl (C=O) groups excluding carboxylic acids is 3. The zero-order valence-electron chi connectivity index (χ0n) is 24.3. The van der Waals surface area contributed by atoms with Crippen LogP contribution in [0.4, 0.5) is 0 Å². The zero-order chi connectivity index (χ0) is 27.0. The van der Waals surface area contributed by atoms with Gasteiger partial charge in [0.15, 0.2) is 5.78 Å². The van der Waals surface area contributed by atoms with Crippen LogP contribution in [-0.4, -0.2) is 17.3 Å². The lowest BCUT2D eigenvalue weighted by molar-refractivity contribution is -0.129. The summed E-state index contributed by atoms with van der Waals surface area (Å²) in [6.45, 7) is 16.5. The van der Waals surface area contributed by atoms with Gasteiger partial charge in [0.05, 0.1) is 6.42 Å². The highest BCUT2D eigenvalue weighted by Gasteiger charge is 2.34. The van der Waals surface area contributed by atoms with E-state index < -0.39 is 0 Å². The van der Waals surface area contributed by atoms with Crippen molar-refractivity contribution >= 4 is 17.3 Å². The number of fused-ring (bicyclic) bond motifs is 1. The van der Waals surface area contributed by atoms with Crippen LogP contribution in [0.5, 0.6) is 0 Å². The number of benzene rings is 1. The lowest BCUT2D eigenvalue weighted by Gasteiger charge is -2.33. The van der Waals surface area contributed by atoms with Crippen molar-refractivity contribution in [2.24, 2.45) is 17.8 Å². The van der Waals surface area contributed by atoms with Gasteiger partial charge in [-0.05, 0) is 106 Å². The number of Topliss-reactive ketones (excluding diaryl/α,β-unsaturated/α-hetero) is 3. The third-order valence-electron chi connectivity index (χ3n) is 8.27. The number of hydrogen-bond acceptors (Lipinski definition) is 3. The number of ketones is 3. The minimum Gasteiger partial charge on any atom is -0.300 e. The predicted octanol–water partition coefficient (Wildman–Crippen LogP) is 8.67. The maximum atomic E-state index is 13.2. The summed E-state index contributed by atoms with van der Waals surface area (Å²) in [4.78, 5) is 37.5. The normalized spacial score (nSPS) is 18.8. The molecule has 2 aliphatic carbocycles. The smallest absolute Gasteiger partial charge is 0.163 e. The van der Waals surface area contributed by atoms with Gasteiger partial charge in [0, 0.05) is 17.9 Å². The average Bonchev–Trinajstić information content (AvgIpc) is 3.27. The molecular formula is C33H50O3. The van der Waals surface area contributed by atoms with Crippen LogP contribution in [0.3, 0.4) is 0 Å². The van der Waals surface area contributed by atoms with Crippen LogP contribution in [-0.2, 0) is 16.0 Å². The summed E-state index contributed by atoms with van der Waals surface area (Å²) in [6.07, 6.45) is 11.6. The van der Waals surface area contributed by atoms with Crippen molar-refractivity contribution in [2.75, 3.05) is 0 Å². The summed E-state index contributed by atoms with van der Waals surface area (Å²) < 4.78 is 0. The number of allylic oxidation sites excluding steroid dienone is 2. The fourth-order valence-electron chi connectivity index (χ4n) is 6.31. The van der Waals surface area contributed by atoms with Crippen molar-refractivity contribution in [1.82, 2.24) is 0 Å². The summed E-state index contributed by atoms with van der Waals surface area (Å²) in [6, 6.07) is 2.27. The highest BCUT2D eigenvalue weighted by atomic mass is 16.1. The molecule has 3 rings (SSSR count). The van der Waals surface area contributed by atoms with Gasteiger partial charge in [-0.2, -0.15) is 0 Å². The van der Waals surface area contributed by atoms with Gasteiger partial charge in [-0.3, -0.25) is 14.4 Å².